The average Bonchev–Trinajstić information content (AvgIpc) is 3.55. The zero-order chi connectivity index (χ0) is 26.9. The molecule has 41 heavy (non-hydrogen) atoms. The second-order valence-electron chi connectivity index (χ2n) is 10.9. The summed E-state index contributed by atoms with van der Waals surface area (Å²) in [5.74, 6) is 0. The van der Waals surface area contributed by atoms with E-state index in [1.54, 1.807) is 0 Å². The Hall–Kier alpha value is -5.40. The van der Waals surface area contributed by atoms with Crippen LogP contribution in [-0.4, -0.2) is 4.57 Å². The normalized spacial score (nSPS) is 11.9. The van der Waals surface area contributed by atoms with Crippen molar-refractivity contribution in [3.8, 4) is 50.2 Å². The molecule has 0 saturated heterocycles. The second kappa shape index (κ2) is 8.55. The van der Waals surface area contributed by atoms with Crippen molar-refractivity contribution in [3.63, 3.8) is 0 Å². The van der Waals surface area contributed by atoms with Crippen LogP contribution in [-0.2, 0) is 0 Å². The Balaban J connectivity index is 1.28. The Morgan fingerprint density at radius 3 is 1.68 bits per heavy atom. The molecule has 0 spiro atoms. The standard InChI is InChI=1S/C40H25N/c1-2-11-27(12-3-1)41-38-20-9-8-17-33(38)37-25-26(21-24-39(37)41)28-13-4-5-14-29(28)32-22-23-36-31-16-7-6-15-30(31)34-18-10-19-35(32)40(34)36/h1-25H. The lowest BCUT2D eigenvalue weighted by Crippen LogP contribution is -1.93. The van der Waals surface area contributed by atoms with Gasteiger partial charge in [-0.15, -0.1) is 0 Å². The van der Waals surface area contributed by atoms with Crippen molar-refractivity contribution < 1.29 is 0 Å². The third kappa shape index (κ3) is 3.18. The zero-order valence-electron chi connectivity index (χ0n) is 22.4. The van der Waals surface area contributed by atoms with Crippen LogP contribution in [0.2, 0.25) is 0 Å². The lowest BCUT2D eigenvalue weighted by atomic mass is 9.89. The Morgan fingerprint density at radius 2 is 0.878 bits per heavy atom. The first-order valence-corrected chi connectivity index (χ1v) is 14.2. The maximum absolute atomic E-state index is 2.38. The zero-order valence-corrected chi connectivity index (χ0v) is 22.4. The molecular weight excluding hydrogens is 494 g/mol. The molecule has 1 aliphatic carbocycles. The molecule has 8 aromatic rings. The number of para-hydroxylation sites is 2. The number of aromatic nitrogens is 1. The Kier molecular flexibility index (Phi) is 4.67. The summed E-state index contributed by atoms with van der Waals surface area (Å²) in [4.78, 5) is 0. The Labute approximate surface area is 238 Å². The summed E-state index contributed by atoms with van der Waals surface area (Å²) in [6.07, 6.45) is 0. The highest BCUT2D eigenvalue weighted by molar-refractivity contribution is 6.19. The quantitative estimate of drug-likeness (QED) is 0.219. The van der Waals surface area contributed by atoms with Gasteiger partial charge in [-0.2, -0.15) is 0 Å². The summed E-state index contributed by atoms with van der Waals surface area (Å²) in [6, 6.07) is 55.4. The van der Waals surface area contributed by atoms with Gasteiger partial charge in [-0.25, -0.2) is 0 Å². The lowest BCUT2D eigenvalue weighted by molar-refractivity contribution is 1.18. The second-order valence-corrected chi connectivity index (χ2v) is 10.9. The van der Waals surface area contributed by atoms with E-state index >= 15 is 0 Å². The van der Waals surface area contributed by atoms with Gasteiger partial charge >= 0.3 is 0 Å². The fourth-order valence-corrected chi connectivity index (χ4v) is 7.01. The highest BCUT2D eigenvalue weighted by Gasteiger charge is 2.23. The molecule has 0 bridgehead atoms. The molecule has 9 rings (SSSR count). The van der Waals surface area contributed by atoms with E-state index in [-0.39, 0.29) is 0 Å². The molecule has 1 aromatic heterocycles. The van der Waals surface area contributed by atoms with Crippen LogP contribution in [0.5, 0.6) is 0 Å². The van der Waals surface area contributed by atoms with Crippen LogP contribution in [0.3, 0.4) is 0 Å². The smallest absolute Gasteiger partial charge is 0.0541 e. The number of hydrogen-bond donors (Lipinski definition) is 0. The van der Waals surface area contributed by atoms with Gasteiger partial charge in [0.15, 0.2) is 0 Å². The summed E-state index contributed by atoms with van der Waals surface area (Å²) in [5.41, 5.74) is 14.0. The molecule has 0 aliphatic heterocycles. The van der Waals surface area contributed by atoms with E-state index in [1.807, 2.05) is 0 Å². The van der Waals surface area contributed by atoms with Crippen molar-refractivity contribution in [3.05, 3.63) is 152 Å². The average molecular weight is 520 g/mol. The largest absolute Gasteiger partial charge is 0.309 e. The molecule has 7 aromatic carbocycles. The van der Waals surface area contributed by atoms with E-state index in [1.165, 1.54) is 82.8 Å². The fraction of sp³-hybridized carbons (Fsp3) is 0. The molecule has 1 heterocycles. The van der Waals surface area contributed by atoms with Crippen LogP contribution in [0.25, 0.3) is 82.8 Å². The van der Waals surface area contributed by atoms with Gasteiger partial charge in [0.1, 0.15) is 0 Å². The fourth-order valence-electron chi connectivity index (χ4n) is 7.01. The van der Waals surface area contributed by atoms with E-state index < -0.39 is 0 Å². The molecule has 1 aliphatic rings. The van der Waals surface area contributed by atoms with E-state index in [0.717, 1.165) is 0 Å². The van der Waals surface area contributed by atoms with E-state index in [2.05, 4.69) is 156 Å². The number of hydrogen-bond acceptors (Lipinski definition) is 0. The Morgan fingerprint density at radius 1 is 0.317 bits per heavy atom. The highest BCUT2D eigenvalue weighted by atomic mass is 15.0. The molecule has 0 atom stereocenters. The molecule has 0 unspecified atom stereocenters. The summed E-state index contributed by atoms with van der Waals surface area (Å²) < 4.78 is 2.38. The predicted octanol–water partition coefficient (Wildman–Crippen LogP) is 10.9. The first kappa shape index (κ1) is 22.4. The van der Waals surface area contributed by atoms with Crippen molar-refractivity contribution >= 4 is 32.6 Å². The molecule has 0 radical (unpaired) electrons. The first-order chi connectivity index (χ1) is 20.4. The third-order valence-corrected chi connectivity index (χ3v) is 8.76. The molecule has 0 amide bonds. The minimum Gasteiger partial charge on any atom is -0.309 e. The maximum Gasteiger partial charge on any atom is 0.0541 e. The molecule has 0 fully saturated rings. The number of rotatable bonds is 3. The predicted molar refractivity (Wildman–Crippen MR) is 174 cm³/mol. The van der Waals surface area contributed by atoms with Crippen LogP contribution in [0.4, 0.5) is 0 Å². The maximum atomic E-state index is 2.38. The van der Waals surface area contributed by atoms with Crippen LogP contribution < -0.4 is 0 Å². The van der Waals surface area contributed by atoms with Crippen LogP contribution in [0, 0.1) is 0 Å². The van der Waals surface area contributed by atoms with Crippen molar-refractivity contribution in [2.24, 2.45) is 0 Å². The monoisotopic (exact) mass is 519 g/mol. The summed E-state index contributed by atoms with van der Waals surface area (Å²) in [7, 11) is 0. The van der Waals surface area contributed by atoms with E-state index in [0.29, 0.717) is 0 Å². The van der Waals surface area contributed by atoms with Gasteiger partial charge in [0.25, 0.3) is 0 Å². The Bertz CT molecular complexity index is 2270. The van der Waals surface area contributed by atoms with Crippen molar-refractivity contribution in [2.45, 2.75) is 0 Å². The topological polar surface area (TPSA) is 4.93 Å². The van der Waals surface area contributed by atoms with Gasteiger partial charge in [0.05, 0.1) is 11.0 Å². The summed E-state index contributed by atoms with van der Waals surface area (Å²) in [6.45, 7) is 0. The molecule has 1 nitrogen and oxygen atoms in total. The van der Waals surface area contributed by atoms with Crippen molar-refractivity contribution in [2.75, 3.05) is 0 Å². The third-order valence-electron chi connectivity index (χ3n) is 8.76. The van der Waals surface area contributed by atoms with Gasteiger partial charge in [-0.1, -0.05) is 121 Å². The molecule has 1 heteroatoms. The lowest BCUT2D eigenvalue weighted by Gasteiger charge is -2.14. The van der Waals surface area contributed by atoms with E-state index in [4.69, 9.17) is 0 Å². The molecule has 190 valence electrons. The van der Waals surface area contributed by atoms with Gasteiger partial charge < -0.3 is 4.57 Å². The van der Waals surface area contributed by atoms with Crippen molar-refractivity contribution in [1.29, 1.82) is 0 Å². The summed E-state index contributed by atoms with van der Waals surface area (Å²) in [5, 5.41) is 5.22. The first-order valence-electron chi connectivity index (χ1n) is 14.2. The minimum atomic E-state index is 1.18. The molecular formula is C40H25N. The van der Waals surface area contributed by atoms with Crippen LogP contribution >= 0.6 is 0 Å². The number of benzene rings is 7. The van der Waals surface area contributed by atoms with Crippen LogP contribution in [0.15, 0.2) is 152 Å². The van der Waals surface area contributed by atoms with Gasteiger partial charge in [0, 0.05) is 16.5 Å². The van der Waals surface area contributed by atoms with Crippen molar-refractivity contribution in [1.82, 2.24) is 4.57 Å². The molecule has 0 saturated carbocycles. The van der Waals surface area contributed by atoms with Gasteiger partial charge in [0.2, 0.25) is 0 Å². The van der Waals surface area contributed by atoms with Gasteiger partial charge in [-0.3, -0.25) is 0 Å². The van der Waals surface area contributed by atoms with Gasteiger partial charge in [-0.05, 0) is 85.6 Å². The minimum absolute atomic E-state index is 1.18. The number of nitrogens with zero attached hydrogens (tertiary/aromatic N) is 1. The SMILES string of the molecule is c1ccc(-n2c3ccccc3c3cc(-c4ccccc4-c4ccc5c6c(cccc46)-c4ccccc4-5)ccc32)cc1. The highest BCUT2D eigenvalue weighted by Crippen LogP contribution is 2.50. The molecule has 0 N–H and O–H groups in total. The summed E-state index contributed by atoms with van der Waals surface area (Å²) >= 11 is 0. The van der Waals surface area contributed by atoms with Crippen LogP contribution in [0.1, 0.15) is 0 Å². The number of fused-ring (bicyclic) bond motifs is 6. The van der Waals surface area contributed by atoms with E-state index in [9.17, 15) is 0 Å².